The molecule has 1 atom stereocenters. The third kappa shape index (κ3) is 9.28. The van der Waals surface area contributed by atoms with Crippen molar-refractivity contribution < 1.29 is 9.59 Å². The molecule has 4 aromatic rings. The van der Waals surface area contributed by atoms with E-state index in [0.717, 1.165) is 59.2 Å². The first-order chi connectivity index (χ1) is 20.8. The zero-order chi connectivity index (χ0) is 30.2. The van der Waals surface area contributed by atoms with Crippen LogP contribution >= 0.6 is 46.3 Å². The molecule has 11 heteroatoms. The van der Waals surface area contributed by atoms with Crippen LogP contribution in [0.2, 0.25) is 10.0 Å². The molecule has 1 saturated heterocycles. The van der Waals surface area contributed by atoms with E-state index in [1.807, 2.05) is 78.2 Å². The molecule has 5 rings (SSSR count). The molecule has 1 aromatic heterocycles. The number of nitrogens with two attached hydrogens (primary N) is 1. The van der Waals surface area contributed by atoms with Crippen molar-refractivity contribution in [2.45, 2.75) is 42.2 Å². The predicted molar refractivity (Wildman–Crippen MR) is 178 cm³/mol. The van der Waals surface area contributed by atoms with Gasteiger partial charge in [0.2, 0.25) is 11.8 Å². The van der Waals surface area contributed by atoms with Crippen LogP contribution in [-0.2, 0) is 22.6 Å². The van der Waals surface area contributed by atoms with Crippen LogP contribution in [0.5, 0.6) is 0 Å². The van der Waals surface area contributed by atoms with Crippen LogP contribution in [0.25, 0.3) is 11.3 Å². The smallest absolute Gasteiger partial charge is 0.241 e. The summed E-state index contributed by atoms with van der Waals surface area (Å²) in [6.07, 6.45) is 2.28. The number of benzene rings is 3. The fourth-order valence-corrected chi connectivity index (χ4v) is 6.90. The molecule has 224 valence electrons. The Hall–Kier alpha value is -2.92. The van der Waals surface area contributed by atoms with Crippen molar-refractivity contribution in [1.82, 2.24) is 15.2 Å². The summed E-state index contributed by atoms with van der Waals surface area (Å²) < 4.78 is 0.820. The van der Waals surface area contributed by atoms with E-state index in [1.165, 1.54) is 23.1 Å². The fourth-order valence-electron chi connectivity index (χ4n) is 4.94. The Labute approximate surface area is 270 Å². The minimum absolute atomic E-state index is 0.0150. The summed E-state index contributed by atoms with van der Waals surface area (Å²) in [5, 5.41) is 9.20. The van der Waals surface area contributed by atoms with E-state index in [1.54, 1.807) is 0 Å². The van der Waals surface area contributed by atoms with E-state index in [2.05, 4.69) is 15.5 Å². The number of anilines is 1. The number of hydrogen-bond acceptors (Lipinski definition) is 7. The highest BCUT2D eigenvalue weighted by Gasteiger charge is 2.21. The molecular weight excluding hydrogens is 621 g/mol. The van der Waals surface area contributed by atoms with Gasteiger partial charge in [0.15, 0.2) is 4.34 Å². The van der Waals surface area contributed by atoms with Gasteiger partial charge in [-0.3, -0.25) is 14.5 Å². The number of piperidine rings is 1. The van der Waals surface area contributed by atoms with Crippen molar-refractivity contribution in [2.75, 3.05) is 24.2 Å². The van der Waals surface area contributed by atoms with E-state index in [4.69, 9.17) is 33.9 Å². The lowest BCUT2D eigenvalue weighted by Crippen LogP contribution is -2.44. The average molecular weight is 655 g/mol. The summed E-state index contributed by atoms with van der Waals surface area (Å²) in [7, 11) is 0. The molecular formula is C32H33Cl2N5O2S2. The van der Waals surface area contributed by atoms with Crippen LogP contribution in [0.3, 0.4) is 0 Å². The second-order valence-electron chi connectivity index (χ2n) is 10.5. The highest BCUT2D eigenvalue weighted by atomic mass is 35.5. The van der Waals surface area contributed by atoms with Crippen molar-refractivity contribution in [2.24, 2.45) is 5.73 Å². The second-order valence-corrected chi connectivity index (χ2v) is 13.4. The van der Waals surface area contributed by atoms with Crippen molar-refractivity contribution in [3.63, 3.8) is 0 Å². The number of amides is 2. The van der Waals surface area contributed by atoms with Gasteiger partial charge in [0.1, 0.15) is 0 Å². The second kappa shape index (κ2) is 15.2. The number of rotatable bonds is 11. The van der Waals surface area contributed by atoms with Crippen molar-refractivity contribution >= 4 is 63.8 Å². The highest BCUT2D eigenvalue weighted by Crippen LogP contribution is 2.30. The molecule has 2 amide bonds. The number of hydrogen-bond donors (Lipinski definition) is 3. The van der Waals surface area contributed by atoms with Crippen molar-refractivity contribution in [3.8, 4) is 11.3 Å². The van der Waals surface area contributed by atoms with Gasteiger partial charge < -0.3 is 16.4 Å². The largest absolute Gasteiger partial charge is 0.353 e. The van der Waals surface area contributed by atoms with Crippen LogP contribution < -0.4 is 16.4 Å². The summed E-state index contributed by atoms with van der Waals surface area (Å²) in [5.41, 5.74) is 10.6. The number of thiazole rings is 1. The zero-order valence-corrected chi connectivity index (χ0v) is 26.6. The Kier molecular flexibility index (Phi) is 11.1. The standard InChI is InChI=1S/C32H33Cl2N5O2S2/c33-26-10-9-22(15-27(26)34)18-39-13-11-24(12-14-39)36-30(40)20-43-32-38-29(19-42-32)23-7-4-8-25(17-23)37-31(41)28(35)16-21-5-2-1-3-6-21/h1-10,15,17,19,24,28H,11-14,16,18,20,35H2,(H,36,40)(H,37,41)/t28-/m1/s1. The number of carbonyl (C=O) groups is 2. The molecule has 1 aliphatic rings. The summed E-state index contributed by atoms with van der Waals surface area (Å²) >= 11 is 15.1. The molecule has 0 saturated carbocycles. The minimum Gasteiger partial charge on any atom is -0.353 e. The van der Waals surface area contributed by atoms with E-state index in [9.17, 15) is 9.59 Å². The van der Waals surface area contributed by atoms with Gasteiger partial charge in [0.05, 0.1) is 27.5 Å². The lowest BCUT2D eigenvalue weighted by molar-refractivity contribution is -0.119. The van der Waals surface area contributed by atoms with E-state index in [0.29, 0.717) is 27.9 Å². The molecule has 4 N–H and O–H groups in total. The number of halogens is 2. The van der Waals surface area contributed by atoms with Crippen LogP contribution in [0, 0.1) is 0 Å². The third-order valence-corrected chi connectivity index (χ3v) is 9.97. The maximum atomic E-state index is 12.7. The van der Waals surface area contributed by atoms with Crippen LogP contribution in [0.1, 0.15) is 24.0 Å². The number of aromatic nitrogens is 1. The van der Waals surface area contributed by atoms with Gasteiger partial charge >= 0.3 is 0 Å². The minimum atomic E-state index is -0.652. The van der Waals surface area contributed by atoms with Gasteiger partial charge in [-0.1, -0.05) is 83.5 Å². The Balaban J connectivity index is 1.05. The Morgan fingerprint density at radius 3 is 2.56 bits per heavy atom. The maximum Gasteiger partial charge on any atom is 0.241 e. The highest BCUT2D eigenvalue weighted by molar-refractivity contribution is 8.01. The Morgan fingerprint density at radius 2 is 1.79 bits per heavy atom. The molecule has 2 heterocycles. The Bertz CT molecular complexity index is 1540. The molecule has 0 aliphatic carbocycles. The lowest BCUT2D eigenvalue weighted by atomic mass is 10.0. The normalized spacial score (nSPS) is 14.8. The molecule has 3 aromatic carbocycles. The number of nitrogens with one attached hydrogen (secondary N) is 2. The first kappa shape index (κ1) is 31.5. The third-order valence-electron chi connectivity index (χ3n) is 7.21. The number of nitrogens with zero attached hydrogens (tertiary/aromatic N) is 2. The summed E-state index contributed by atoms with van der Waals surface area (Å²) in [6.45, 7) is 2.64. The lowest BCUT2D eigenvalue weighted by Gasteiger charge is -2.32. The molecule has 7 nitrogen and oxygen atoms in total. The van der Waals surface area contributed by atoms with Gasteiger partial charge in [0.25, 0.3) is 0 Å². The quantitative estimate of drug-likeness (QED) is 0.160. The first-order valence-corrected chi connectivity index (χ1v) is 16.7. The molecule has 43 heavy (non-hydrogen) atoms. The SMILES string of the molecule is N[C@H](Cc1ccccc1)C(=O)Nc1cccc(-c2csc(SCC(=O)NC3CCN(Cc4ccc(Cl)c(Cl)c4)CC3)n2)c1. The topological polar surface area (TPSA) is 100 Å². The van der Waals surface area contributed by atoms with Crippen LogP contribution in [-0.4, -0.2) is 52.6 Å². The van der Waals surface area contributed by atoms with Gasteiger partial charge in [0, 0.05) is 42.3 Å². The summed E-state index contributed by atoms with van der Waals surface area (Å²) in [5.74, 6) is 0.0891. The monoisotopic (exact) mass is 653 g/mol. The molecule has 1 fully saturated rings. The predicted octanol–water partition coefficient (Wildman–Crippen LogP) is 6.50. The van der Waals surface area contributed by atoms with Crippen molar-refractivity contribution in [1.29, 1.82) is 0 Å². The zero-order valence-electron chi connectivity index (χ0n) is 23.5. The van der Waals surface area contributed by atoms with Gasteiger partial charge in [-0.2, -0.15) is 0 Å². The van der Waals surface area contributed by atoms with Crippen molar-refractivity contribution in [3.05, 3.63) is 99.3 Å². The number of likely N-dealkylation sites (tertiary alicyclic amines) is 1. The van der Waals surface area contributed by atoms with E-state index < -0.39 is 6.04 Å². The van der Waals surface area contributed by atoms with Crippen LogP contribution in [0.4, 0.5) is 5.69 Å². The first-order valence-electron chi connectivity index (χ1n) is 14.1. The molecule has 1 aliphatic heterocycles. The van der Waals surface area contributed by atoms with Gasteiger partial charge in [-0.25, -0.2) is 4.98 Å². The van der Waals surface area contributed by atoms with Gasteiger partial charge in [-0.15, -0.1) is 11.3 Å². The van der Waals surface area contributed by atoms with E-state index in [-0.39, 0.29) is 17.9 Å². The number of carbonyl (C=O) groups excluding carboxylic acids is 2. The maximum absolute atomic E-state index is 12.7. The number of thioether (sulfide) groups is 1. The van der Waals surface area contributed by atoms with Gasteiger partial charge in [-0.05, 0) is 54.7 Å². The average Bonchev–Trinajstić information content (AvgIpc) is 3.49. The molecule has 0 radical (unpaired) electrons. The Morgan fingerprint density at radius 1 is 1.00 bits per heavy atom. The summed E-state index contributed by atoms with van der Waals surface area (Å²) in [4.78, 5) is 32.4. The molecule has 0 spiro atoms. The molecule has 0 unspecified atom stereocenters. The summed E-state index contributed by atoms with van der Waals surface area (Å²) in [6, 6.07) is 22.5. The van der Waals surface area contributed by atoms with E-state index >= 15 is 0 Å². The molecule has 0 bridgehead atoms. The fraction of sp³-hybridized carbons (Fsp3) is 0.281. The van der Waals surface area contributed by atoms with Crippen LogP contribution in [0.15, 0.2) is 82.5 Å².